The molecule has 1 aliphatic carbocycles. The maximum absolute atomic E-state index is 13.5. The number of pyridine rings is 1. The van der Waals surface area contributed by atoms with E-state index in [9.17, 15) is 9.59 Å². The lowest BCUT2D eigenvalue weighted by Gasteiger charge is -2.22. The van der Waals surface area contributed by atoms with Gasteiger partial charge < -0.3 is 14.2 Å². The van der Waals surface area contributed by atoms with E-state index in [1.165, 1.54) is 0 Å². The number of carbonyl (C=O) groups excluding carboxylic acids is 2. The van der Waals surface area contributed by atoms with Crippen molar-refractivity contribution >= 4 is 45.6 Å². The van der Waals surface area contributed by atoms with Gasteiger partial charge >= 0.3 is 5.97 Å². The van der Waals surface area contributed by atoms with E-state index in [0.717, 1.165) is 51.9 Å². The monoisotopic (exact) mass is 497 g/mol. The summed E-state index contributed by atoms with van der Waals surface area (Å²) in [5.41, 5.74) is 4.50. The Hall–Kier alpha value is -3.97. The molecule has 2 aromatic carbocycles. The molecule has 6 rings (SSSR count). The van der Waals surface area contributed by atoms with Gasteiger partial charge in [-0.1, -0.05) is 24.3 Å². The summed E-state index contributed by atoms with van der Waals surface area (Å²) >= 11 is 1.67. The molecule has 0 N–H and O–H groups in total. The quantitative estimate of drug-likeness (QED) is 0.249. The lowest BCUT2D eigenvalue weighted by Crippen LogP contribution is -2.19. The van der Waals surface area contributed by atoms with Gasteiger partial charge in [0.1, 0.15) is 13.2 Å². The van der Waals surface area contributed by atoms with Gasteiger partial charge in [0.05, 0.1) is 16.8 Å². The number of hydrogen-bond donors (Lipinski definition) is 0. The number of fused-ring (bicyclic) bond motifs is 3. The van der Waals surface area contributed by atoms with Crippen LogP contribution in [0.15, 0.2) is 60.0 Å². The third-order valence-electron chi connectivity index (χ3n) is 6.43. The maximum Gasteiger partial charge on any atom is 0.339 e. The minimum atomic E-state index is -0.506. The molecule has 0 amide bonds. The van der Waals surface area contributed by atoms with E-state index in [1.807, 2.05) is 35.7 Å². The van der Waals surface area contributed by atoms with Crippen LogP contribution < -0.4 is 9.47 Å². The molecule has 0 atom stereocenters. The van der Waals surface area contributed by atoms with Gasteiger partial charge in [0, 0.05) is 15.8 Å². The zero-order valence-corrected chi connectivity index (χ0v) is 20.3. The van der Waals surface area contributed by atoms with Crippen LogP contribution in [-0.2, 0) is 11.2 Å². The van der Waals surface area contributed by atoms with E-state index in [1.54, 1.807) is 29.5 Å². The first-order valence-electron chi connectivity index (χ1n) is 11.9. The van der Waals surface area contributed by atoms with E-state index >= 15 is 0 Å². The van der Waals surface area contributed by atoms with Crippen molar-refractivity contribution in [3.05, 3.63) is 87.2 Å². The van der Waals surface area contributed by atoms with Crippen molar-refractivity contribution in [1.29, 1.82) is 0 Å². The van der Waals surface area contributed by atoms with Gasteiger partial charge in [-0.3, -0.25) is 4.79 Å². The molecule has 0 saturated heterocycles. The van der Waals surface area contributed by atoms with Gasteiger partial charge in [-0.05, 0) is 72.2 Å². The number of carbonyl (C=O) groups is 2. The van der Waals surface area contributed by atoms with E-state index in [4.69, 9.17) is 19.2 Å². The van der Waals surface area contributed by atoms with Crippen LogP contribution in [0.25, 0.3) is 22.6 Å². The summed E-state index contributed by atoms with van der Waals surface area (Å²) in [5.74, 6) is 0.327. The number of aromatic nitrogens is 1. The molecule has 0 radical (unpaired) electrons. The molecule has 4 aromatic rings. The average Bonchev–Trinajstić information content (AvgIpc) is 3.43. The molecule has 0 spiro atoms. The van der Waals surface area contributed by atoms with Gasteiger partial charge in [0.2, 0.25) is 0 Å². The SMILES string of the molecule is O=C(COC(=O)c1c2c(nc3ccccc13)/C(=C/c1cccs1)CCC2)c1ccc2c(c1)OCCO2. The van der Waals surface area contributed by atoms with Gasteiger partial charge in [-0.15, -0.1) is 11.3 Å². The van der Waals surface area contributed by atoms with Crippen molar-refractivity contribution in [3.8, 4) is 11.5 Å². The third kappa shape index (κ3) is 4.27. The Balaban J connectivity index is 1.32. The van der Waals surface area contributed by atoms with Crippen molar-refractivity contribution in [2.75, 3.05) is 19.8 Å². The third-order valence-corrected chi connectivity index (χ3v) is 7.25. The molecule has 180 valence electrons. The van der Waals surface area contributed by atoms with Crippen molar-refractivity contribution < 1.29 is 23.8 Å². The van der Waals surface area contributed by atoms with Crippen LogP contribution in [0.4, 0.5) is 0 Å². The second kappa shape index (κ2) is 9.59. The van der Waals surface area contributed by atoms with E-state index in [-0.39, 0.29) is 12.4 Å². The van der Waals surface area contributed by atoms with Crippen molar-refractivity contribution in [2.24, 2.45) is 0 Å². The van der Waals surface area contributed by atoms with Crippen molar-refractivity contribution in [3.63, 3.8) is 0 Å². The Bertz CT molecular complexity index is 1510. The lowest BCUT2D eigenvalue weighted by molar-refractivity contribution is 0.0475. The van der Waals surface area contributed by atoms with Gasteiger partial charge in [-0.2, -0.15) is 0 Å². The van der Waals surface area contributed by atoms with Crippen LogP contribution in [0.2, 0.25) is 0 Å². The number of hydrogen-bond acceptors (Lipinski definition) is 7. The number of rotatable bonds is 5. The van der Waals surface area contributed by atoms with Crippen molar-refractivity contribution in [2.45, 2.75) is 19.3 Å². The molecule has 3 heterocycles. The second-order valence-corrected chi connectivity index (χ2v) is 9.71. The van der Waals surface area contributed by atoms with Crippen LogP contribution in [-0.4, -0.2) is 36.6 Å². The van der Waals surface area contributed by atoms with Crippen molar-refractivity contribution in [1.82, 2.24) is 4.98 Å². The molecule has 6 nitrogen and oxygen atoms in total. The average molecular weight is 498 g/mol. The Labute approximate surface area is 212 Å². The topological polar surface area (TPSA) is 74.7 Å². The fourth-order valence-electron chi connectivity index (χ4n) is 4.76. The molecule has 7 heteroatoms. The van der Waals surface area contributed by atoms with Gasteiger partial charge in [-0.25, -0.2) is 9.78 Å². The molecule has 0 saturated carbocycles. The zero-order chi connectivity index (χ0) is 24.5. The fraction of sp³-hybridized carbons (Fsp3) is 0.207. The first-order valence-corrected chi connectivity index (χ1v) is 12.8. The van der Waals surface area contributed by atoms with Crippen LogP contribution in [0, 0.1) is 0 Å². The Morgan fingerprint density at radius 1 is 1.00 bits per heavy atom. The summed E-state index contributed by atoms with van der Waals surface area (Å²) in [7, 11) is 0. The predicted octanol–water partition coefficient (Wildman–Crippen LogP) is 5.98. The minimum absolute atomic E-state index is 0.300. The highest BCUT2D eigenvalue weighted by Gasteiger charge is 2.27. The first-order chi connectivity index (χ1) is 17.7. The number of Topliss-reactive ketones (excluding diaryl/α,β-unsaturated/α-hetero) is 1. The summed E-state index contributed by atoms with van der Waals surface area (Å²) in [5, 5.41) is 2.79. The number of benzene rings is 2. The molecule has 2 aliphatic rings. The number of thiophene rings is 1. The zero-order valence-electron chi connectivity index (χ0n) is 19.5. The van der Waals surface area contributed by atoms with Crippen LogP contribution in [0.3, 0.4) is 0 Å². The highest BCUT2D eigenvalue weighted by atomic mass is 32.1. The molecular weight excluding hydrogens is 474 g/mol. The van der Waals surface area contributed by atoms with E-state index in [0.29, 0.717) is 35.8 Å². The summed E-state index contributed by atoms with van der Waals surface area (Å²) < 4.78 is 16.7. The normalized spacial score (nSPS) is 15.5. The second-order valence-electron chi connectivity index (χ2n) is 8.73. The number of ketones is 1. The van der Waals surface area contributed by atoms with Gasteiger partial charge in [0.25, 0.3) is 0 Å². The molecule has 0 fully saturated rings. The number of allylic oxidation sites excluding steroid dienone is 1. The molecule has 0 unspecified atom stereocenters. The Morgan fingerprint density at radius 3 is 2.72 bits per heavy atom. The number of para-hydroxylation sites is 1. The number of esters is 1. The molecule has 36 heavy (non-hydrogen) atoms. The number of ether oxygens (including phenoxy) is 3. The van der Waals surface area contributed by atoms with E-state index in [2.05, 4.69) is 12.1 Å². The molecular formula is C29H23NO5S. The molecule has 1 aliphatic heterocycles. The smallest absolute Gasteiger partial charge is 0.339 e. The summed E-state index contributed by atoms with van der Waals surface area (Å²) in [6.07, 6.45) is 4.70. The minimum Gasteiger partial charge on any atom is -0.486 e. The van der Waals surface area contributed by atoms with E-state index < -0.39 is 5.97 Å². The standard InChI is InChI=1S/C29H23NO5S/c31-24(18-10-11-25-26(16-18)34-13-12-33-25)17-35-29(32)27-21-7-1-2-9-23(21)30-28-19(5-3-8-22(27)28)15-20-6-4-14-36-20/h1-2,4,6-7,9-11,14-16H,3,5,8,12-13,17H2/b19-15+. The Kier molecular flexibility index (Phi) is 5.99. The number of nitrogens with zero attached hydrogens (tertiary/aromatic N) is 1. The highest BCUT2D eigenvalue weighted by molar-refractivity contribution is 7.10. The van der Waals surface area contributed by atoms with Crippen LogP contribution >= 0.6 is 11.3 Å². The summed E-state index contributed by atoms with van der Waals surface area (Å²) in [6.45, 7) is 0.552. The Morgan fingerprint density at radius 2 is 1.86 bits per heavy atom. The molecule has 0 bridgehead atoms. The lowest BCUT2D eigenvalue weighted by atomic mass is 9.86. The maximum atomic E-state index is 13.5. The fourth-order valence-corrected chi connectivity index (χ4v) is 5.44. The largest absolute Gasteiger partial charge is 0.486 e. The first kappa shape index (κ1) is 22.5. The molecule has 2 aromatic heterocycles. The highest BCUT2D eigenvalue weighted by Crippen LogP contribution is 2.37. The van der Waals surface area contributed by atoms with Gasteiger partial charge in [0.15, 0.2) is 23.9 Å². The van der Waals surface area contributed by atoms with Crippen LogP contribution in [0.5, 0.6) is 11.5 Å². The summed E-state index contributed by atoms with van der Waals surface area (Å²) in [6, 6.07) is 16.7. The summed E-state index contributed by atoms with van der Waals surface area (Å²) in [4.78, 5) is 32.4. The van der Waals surface area contributed by atoms with Crippen LogP contribution in [0.1, 0.15) is 49.7 Å². The predicted molar refractivity (Wildman–Crippen MR) is 139 cm³/mol.